The van der Waals surface area contributed by atoms with Gasteiger partial charge < -0.3 is 15.5 Å². The van der Waals surface area contributed by atoms with Crippen molar-refractivity contribution in [3.8, 4) is 0 Å². The lowest BCUT2D eigenvalue weighted by Gasteiger charge is -2.36. The fourth-order valence-corrected chi connectivity index (χ4v) is 2.20. The number of nitrogens with zero attached hydrogens (tertiary/aromatic N) is 2. The smallest absolute Gasteiger partial charge is 0.0110 e. The highest BCUT2D eigenvalue weighted by Gasteiger charge is 2.19. The van der Waals surface area contributed by atoms with E-state index < -0.39 is 0 Å². The lowest BCUT2D eigenvalue weighted by atomic mass is 9.92. The van der Waals surface area contributed by atoms with E-state index in [2.05, 4.69) is 37.5 Å². The van der Waals surface area contributed by atoms with E-state index in [0.29, 0.717) is 11.3 Å². The highest BCUT2D eigenvalue weighted by atomic mass is 15.3. The molecule has 0 bridgehead atoms. The summed E-state index contributed by atoms with van der Waals surface area (Å²) in [5.74, 6) is 0.635. The highest BCUT2D eigenvalue weighted by molar-refractivity contribution is 4.75. The molecule has 1 atom stereocenters. The summed E-state index contributed by atoms with van der Waals surface area (Å²) >= 11 is 0. The molecule has 0 aromatic heterocycles. The molecule has 102 valence electrons. The molecule has 0 spiro atoms. The van der Waals surface area contributed by atoms with Gasteiger partial charge in [0.2, 0.25) is 0 Å². The maximum absolute atomic E-state index is 5.67. The van der Waals surface area contributed by atoms with Gasteiger partial charge in [-0.05, 0) is 30.8 Å². The highest BCUT2D eigenvalue weighted by Crippen LogP contribution is 2.19. The molecule has 0 radical (unpaired) electrons. The summed E-state index contributed by atoms with van der Waals surface area (Å²) < 4.78 is 0. The third kappa shape index (κ3) is 6.39. The molecule has 1 aliphatic rings. The fourth-order valence-electron chi connectivity index (χ4n) is 2.20. The van der Waals surface area contributed by atoms with E-state index >= 15 is 0 Å². The van der Waals surface area contributed by atoms with Crippen molar-refractivity contribution in [1.29, 1.82) is 0 Å². The predicted octanol–water partition coefficient (Wildman–Crippen LogP) is 1.64. The van der Waals surface area contributed by atoms with Gasteiger partial charge in [0.1, 0.15) is 0 Å². The van der Waals surface area contributed by atoms with Crippen molar-refractivity contribution in [2.24, 2.45) is 17.1 Å². The molecule has 0 aromatic rings. The molecule has 1 rings (SSSR count). The Balaban J connectivity index is 2.17. The minimum atomic E-state index is 0.463. The molecule has 0 saturated carbocycles. The van der Waals surface area contributed by atoms with Gasteiger partial charge in [0, 0.05) is 32.7 Å². The molecule has 1 fully saturated rings. The molecule has 17 heavy (non-hydrogen) atoms. The van der Waals surface area contributed by atoms with Crippen LogP contribution in [0.1, 0.15) is 34.1 Å². The molecule has 0 aliphatic carbocycles. The number of hydrogen-bond donors (Lipinski definition) is 1. The third-order valence-electron chi connectivity index (χ3n) is 3.62. The summed E-state index contributed by atoms with van der Waals surface area (Å²) in [6, 6.07) is 0. The van der Waals surface area contributed by atoms with Gasteiger partial charge in [0.15, 0.2) is 0 Å². The van der Waals surface area contributed by atoms with Crippen LogP contribution in [0.25, 0.3) is 0 Å². The standard InChI is InChI=1S/C14H31N3/c1-13(11-15)12-17-9-7-16(8-10-17)6-5-14(2,3)4/h13H,5-12,15H2,1-4H3. The SMILES string of the molecule is CC(CN)CN1CCN(CCC(C)(C)C)CC1. The molecule has 0 aromatic carbocycles. The molecule has 1 aliphatic heterocycles. The lowest BCUT2D eigenvalue weighted by Crippen LogP contribution is -2.48. The van der Waals surface area contributed by atoms with Crippen LogP contribution in [-0.2, 0) is 0 Å². The van der Waals surface area contributed by atoms with Crippen LogP contribution in [0, 0.1) is 11.3 Å². The lowest BCUT2D eigenvalue weighted by molar-refractivity contribution is 0.111. The van der Waals surface area contributed by atoms with E-state index in [4.69, 9.17) is 5.73 Å². The molecule has 1 heterocycles. The summed E-state index contributed by atoms with van der Waals surface area (Å²) in [5, 5.41) is 0. The average molecular weight is 241 g/mol. The number of piperazine rings is 1. The van der Waals surface area contributed by atoms with Crippen LogP contribution in [0.5, 0.6) is 0 Å². The first-order valence-electron chi connectivity index (χ1n) is 7.05. The van der Waals surface area contributed by atoms with E-state index in [0.717, 1.165) is 6.54 Å². The Morgan fingerprint density at radius 3 is 2.06 bits per heavy atom. The average Bonchev–Trinajstić information content (AvgIpc) is 2.27. The number of rotatable bonds is 5. The monoisotopic (exact) mass is 241 g/mol. The molecule has 1 unspecified atom stereocenters. The Kier molecular flexibility index (Phi) is 5.90. The van der Waals surface area contributed by atoms with E-state index in [-0.39, 0.29) is 0 Å². The first-order chi connectivity index (χ1) is 7.90. The quantitative estimate of drug-likeness (QED) is 0.794. The molecule has 3 heteroatoms. The summed E-state index contributed by atoms with van der Waals surface area (Å²) in [6.45, 7) is 17.3. The Morgan fingerprint density at radius 2 is 1.59 bits per heavy atom. The molecule has 2 N–H and O–H groups in total. The molecule has 1 saturated heterocycles. The van der Waals surface area contributed by atoms with Crippen molar-refractivity contribution in [1.82, 2.24) is 9.80 Å². The van der Waals surface area contributed by atoms with Gasteiger partial charge in [-0.2, -0.15) is 0 Å². The van der Waals surface area contributed by atoms with E-state index in [1.165, 1.54) is 45.7 Å². The molecular formula is C14H31N3. The van der Waals surface area contributed by atoms with Crippen LogP contribution < -0.4 is 5.73 Å². The van der Waals surface area contributed by atoms with Crippen LogP contribution in [-0.4, -0.2) is 55.6 Å². The number of hydrogen-bond acceptors (Lipinski definition) is 3. The van der Waals surface area contributed by atoms with Crippen molar-refractivity contribution >= 4 is 0 Å². The zero-order valence-electron chi connectivity index (χ0n) is 12.2. The Bertz CT molecular complexity index is 202. The first-order valence-corrected chi connectivity index (χ1v) is 7.05. The van der Waals surface area contributed by atoms with Crippen LogP contribution in [0.15, 0.2) is 0 Å². The molecule has 0 amide bonds. The third-order valence-corrected chi connectivity index (χ3v) is 3.62. The predicted molar refractivity (Wildman–Crippen MR) is 75.2 cm³/mol. The van der Waals surface area contributed by atoms with Crippen molar-refractivity contribution in [3.63, 3.8) is 0 Å². The van der Waals surface area contributed by atoms with Gasteiger partial charge in [-0.3, -0.25) is 0 Å². The van der Waals surface area contributed by atoms with Crippen molar-refractivity contribution in [2.75, 3.05) is 45.8 Å². The topological polar surface area (TPSA) is 32.5 Å². The van der Waals surface area contributed by atoms with E-state index in [9.17, 15) is 0 Å². The van der Waals surface area contributed by atoms with Crippen molar-refractivity contribution in [3.05, 3.63) is 0 Å². The summed E-state index contributed by atoms with van der Waals surface area (Å²) in [7, 11) is 0. The van der Waals surface area contributed by atoms with Crippen LogP contribution in [0.3, 0.4) is 0 Å². The van der Waals surface area contributed by atoms with Gasteiger partial charge in [0.05, 0.1) is 0 Å². The van der Waals surface area contributed by atoms with Crippen LogP contribution in [0.2, 0.25) is 0 Å². The second kappa shape index (κ2) is 6.72. The normalized spacial score (nSPS) is 21.7. The second-order valence-electron chi connectivity index (χ2n) is 6.79. The summed E-state index contributed by atoms with van der Waals surface area (Å²) in [6.07, 6.45) is 1.30. The maximum Gasteiger partial charge on any atom is 0.0110 e. The first kappa shape index (κ1) is 14.9. The van der Waals surface area contributed by atoms with Crippen LogP contribution >= 0.6 is 0 Å². The summed E-state index contributed by atoms with van der Waals surface area (Å²) in [5.41, 5.74) is 6.14. The largest absolute Gasteiger partial charge is 0.330 e. The molecular weight excluding hydrogens is 210 g/mol. The van der Waals surface area contributed by atoms with Gasteiger partial charge in [-0.1, -0.05) is 27.7 Å². The second-order valence-corrected chi connectivity index (χ2v) is 6.79. The Labute approximate surface area is 107 Å². The van der Waals surface area contributed by atoms with Gasteiger partial charge in [-0.15, -0.1) is 0 Å². The van der Waals surface area contributed by atoms with Gasteiger partial charge >= 0.3 is 0 Å². The minimum absolute atomic E-state index is 0.463. The maximum atomic E-state index is 5.67. The number of nitrogens with two attached hydrogens (primary N) is 1. The van der Waals surface area contributed by atoms with Crippen molar-refractivity contribution in [2.45, 2.75) is 34.1 Å². The van der Waals surface area contributed by atoms with E-state index in [1.54, 1.807) is 0 Å². The van der Waals surface area contributed by atoms with Crippen LogP contribution in [0.4, 0.5) is 0 Å². The molecule has 3 nitrogen and oxygen atoms in total. The van der Waals surface area contributed by atoms with Gasteiger partial charge in [-0.25, -0.2) is 0 Å². The zero-order valence-corrected chi connectivity index (χ0v) is 12.2. The summed E-state index contributed by atoms with van der Waals surface area (Å²) in [4.78, 5) is 5.17. The Hall–Kier alpha value is -0.120. The fraction of sp³-hybridized carbons (Fsp3) is 1.00. The Morgan fingerprint density at radius 1 is 1.06 bits per heavy atom. The van der Waals surface area contributed by atoms with E-state index in [1.807, 2.05) is 0 Å². The zero-order chi connectivity index (χ0) is 12.9. The van der Waals surface area contributed by atoms with Gasteiger partial charge in [0.25, 0.3) is 0 Å². The minimum Gasteiger partial charge on any atom is -0.330 e. The van der Waals surface area contributed by atoms with Crippen molar-refractivity contribution < 1.29 is 0 Å².